The number of hydrogen-bond donors (Lipinski definition) is 1. The van der Waals surface area contributed by atoms with Crippen molar-refractivity contribution >= 4 is 16.0 Å². The Labute approximate surface area is 137 Å². The molecule has 0 amide bonds. The summed E-state index contributed by atoms with van der Waals surface area (Å²) in [6.07, 6.45) is 1.65. The number of nitrogens with zero attached hydrogens (tertiary/aromatic N) is 1. The molecule has 1 N–H and O–H groups in total. The van der Waals surface area contributed by atoms with Crippen LogP contribution >= 0.6 is 0 Å². The van der Waals surface area contributed by atoms with Crippen molar-refractivity contribution in [2.24, 2.45) is 5.92 Å². The molecule has 23 heavy (non-hydrogen) atoms. The first kappa shape index (κ1) is 18.0. The summed E-state index contributed by atoms with van der Waals surface area (Å²) in [4.78, 5) is 11.5. The Hall–Kier alpha value is -1.38. The fourth-order valence-electron chi connectivity index (χ4n) is 2.76. The number of carbonyl (C=O) groups is 1. The minimum absolute atomic E-state index is 0.0445. The van der Waals surface area contributed by atoms with Gasteiger partial charge in [-0.2, -0.15) is 4.31 Å². The van der Waals surface area contributed by atoms with Gasteiger partial charge >= 0.3 is 5.97 Å². The number of carbonyl (C=O) groups excluding carboxylic acids is 1. The van der Waals surface area contributed by atoms with Crippen LogP contribution in [0.1, 0.15) is 36.1 Å². The number of furan rings is 1. The van der Waals surface area contributed by atoms with E-state index in [0.29, 0.717) is 19.0 Å². The van der Waals surface area contributed by atoms with E-state index in [2.05, 4.69) is 17.0 Å². The quantitative estimate of drug-likeness (QED) is 0.785. The highest BCUT2D eigenvalue weighted by molar-refractivity contribution is 7.89. The Morgan fingerprint density at radius 1 is 1.43 bits per heavy atom. The number of rotatable bonds is 6. The van der Waals surface area contributed by atoms with Crippen LogP contribution in [0.2, 0.25) is 0 Å². The number of methoxy groups -OCH3 is 1. The maximum Gasteiger partial charge on any atom is 0.373 e. The molecule has 2 rings (SSSR count). The van der Waals surface area contributed by atoms with Crippen LogP contribution in [-0.4, -0.2) is 52.0 Å². The van der Waals surface area contributed by atoms with Crippen molar-refractivity contribution in [2.45, 2.75) is 31.6 Å². The van der Waals surface area contributed by atoms with Gasteiger partial charge in [0.2, 0.25) is 15.8 Å². The van der Waals surface area contributed by atoms with Gasteiger partial charge in [-0.05, 0) is 38.8 Å². The summed E-state index contributed by atoms with van der Waals surface area (Å²) < 4.78 is 36.8. The molecule has 1 aromatic rings. The molecular weight excluding hydrogens is 320 g/mol. The lowest BCUT2D eigenvalue weighted by Crippen LogP contribution is -2.40. The Kier molecular flexibility index (Phi) is 5.83. The molecule has 0 aliphatic carbocycles. The Balaban J connectivity index is 2.11. The van der Waals surface area contributed by atoms with E-state index in [0.717, 1.165) is 25.9 Å². The molecule has 0 bridgehead atoms. The molecule has 1 aliphatic heterocycles. The SMILES string of the molecule is CCNCC1CCN(S(=O)(=O)c2cc(C(=O)OC)oc2C)CC1. The maximum absolute atomic E-state index is 12.8. The predicted octanol–water partition coefficient (Wildman–Crippen LogP) is 1.38. The fraction of sp³-hybridized carbons (Fsp3) is 0.667. The van der Waals surface area contributed by atoms with E-state index in [9.17, 15) is 13.2 Å². The molecule has 0 spiro atoms. The van der Waals surface area contributed by atoms with E-state index >= 15 is 0 Å². The summed E-state index contributed by atoms with van der Waals surface area (Å²) in [6, 6.07) is 1.25. The van der Waals surface area contributed by atoms with Crippen LogP contribution in [0, 0.1) is 12.8 Å². The average Bonchev–Trinajstić information content (AvgIpc) is 2.95. The summed E-state index contributed by atoms with van der Waals surface area (Å²) in [5.41, 5.74) is 0. The zero-order valence-corrected chi connectivity index (χ0v) is 14.6. The Bertz CT molecular complexity index is 645. The minimum atomic E-state index is -3.65. The van der Waals surface area contributed by atoms with Gasteiger partial charge in [-0.15, -0.1) is 0 Å². The van der Waals surface area contributed by atoms with Crippen molar-refractivity contribution in [2.75, 3.05) is 33.3 Å². The molecule has 0 aromatic carbocycles. The first-order chi connectivity index (χ1) is 10.9. The molecule has 8 heteroatoms. The van der Waals surface area contributed by atoms with Crippen LogP contribution < -0.4 is 5.32 Å². The molecule has 7 nitrogen and oxygen atoms in total. The average molecular weight is 344 g/mol. The lowest BCUT2D eigenvalue weighted by Gasteiger charge is -2.31. The highest BCUT2D eigenvalue weighted by Gasteiger charge is 2.33. The van der Waals surface area contributed by atoms with Crippen LogP contribution in [0.3, 0.4) is 0 Å². The molecule has 0 radical (unpaired) electrons. The van der Waals surface area contributed by atoms with Crippen LogP contribution in [0.4, 0.5) is 0 Å². The van der Waals surface area contributed by atoms with Crippen molar-refractivity contribution in [1.29, 1.82) is 0 Å². The second kappa shape index (κ2) is 7.46. The summed E-state index contributed by atoms with van der Waals surface area (Å²) in [7, 11) is -2.42. The molecule has 0 unspecified atom stereocenters. The van der Waals surface area contributed by atoms with E-state index in [1.165, 1.54) is 24.4 Å². The van der Waals surface area contributed by atoms with Crippen molar-refractivity contribution in [3.05, 3.63) is 17.6 Å². The van der Waals surface area contributed by atoms with E-state index in [-0.39, 0.29) is 16.4 Å². The first-order valence-electron chi connectivity index (χ1n) is 7.79. The third kappa shape index (κ3) is 3.94. The molecule has 1 fully saturated rings. The van der Waals surface area contributed by atoms with Crippen LogP contribution in [0.15, 0.2) is 15.4 Å². The van der Waals surface area contributed by atoms with E-state index in [4.69, 9.17) is 4.42 Å². The van der Waals surface area contributed by atoms with Gasteiger partial charge in [-0.25, -0.2) is 13.2 Å². The van der Waals surface area contributed by atoms with Gasteiger partial charge in [-0.1, -0.05) is 6.92 Å². The van der Waals surface area contributed by atoms with Crippen molar-refractivity contribution in [3.8, 4) is 0 Å². The molecule has 0 atom stereocenters. The number of sulfonamides is 1. The van der Waals surface area contributed by atoms with Gasteiger partial charge in [0.1, 0.15) is 10.7 Å². The molecule has 130 valence electrons. The Morgan fingerprint density at radius 2 is 2.09 bits per heavy atom. The van der Waals surface area contributed by atoms with Gasteiger partial charge < -0.3 is 14.5 Å². The molecule has 1 aromatic heterocycles. The zero-order valence-electron chi connectivity index (χ0n) is 13.8. The third-order valence-corrected chi connectivity index (χ3v) is 6.14. The Morgan fingerprint density at radius 3 is 2.65 bits per heavy atom. The second-order valence-electron chi connectivity index (χ2n) is 5.68. The topological polar surface area (TPSA) is 88.9 Å². The lowest BCUT2D eigenvalue weighted by atomic mass is 9.98. The number of hydrogen-bond acceptors (Lipinski definition) is 6. The smallest absolute Gasteiger partial charge is 0.373 e. The van der Waals surface area contributed by atoms with Gasteiger partial charge in [0.15, 0.2) is 0 Å². The fourth-order valence-corrected chi connectivity index (χ4v) is 4.39. The maximum atomic E-state index is 12.8. The molecule has 1 saturated heterocycles. The van der Waals surface area contributed by atoms with Crippen molar-refractivity contribution in [1.82, 2.24) is 9.62 Å². The first-order valence-corrected chi connectivity index (χ1v) is 9.23. The monoisotopic (exact) mass is 344 g/mol. The number of esters is 1. The van der Waals surface area contributed by atoms with E-state index < -0.39 is 16.0 Å². The van der Waals surface area contributed by atoms with Gasteiger partial charge in [0, 0.05) is 19.2 Å². The number of nitrogens with one attached hydrogen (secondary N) is 1. The molecule has 0 saturated carbocycles. The molecule has 2 heterocycles. The number of piperidine rings is 1. The highest BCUT2D eigenvalue weighted by atomic mass is 32.2. The number of ether oxygens (including phenoxy) is 1. The molecule has 1 aliphatic rings. The summed E-state index contributed by atoms with van der Waals surface area (Å²) in [5, 5.41) is 3.30. The predicted molar refractivity (Wildman–Crippen MR) is 84.8 cm³/mol. The largest absolute Gasteiger partial charge is 0.463 e. The van der Waals surface area contributed by atoms with Gasteiger partial charge in [0.05, 0.1) is 7.11 Å². The summed E-state index contributed by atoms with van der Waals surface area (Å²) in [6.45, 7) is 6.40. The summed E-state index contributed by atoms with van der Waals surface area (Å²) in [5.74, 6) is -0.0674. The van der Waals surface area contributed by atoms with Gasteiger partial charge in [0.25, 0.3) is 0 Å². The zero-order chi connectivity index (χ0) is 17.0. The summed E-state index contributed by atoms with van der Waals surface area (Å²) >= 11 is 0. The third-order valence-electron chi connectivity index (χ3n) is 4.13. The highest BCUT2D eigenvalue weighted by Crippen LogP contribution is 2.27. The van der Waals surface area contributed by atoms with Crippen LogP contribution in [-0.2, 0) is 14.8 Å². The molecular formula is C15H24N2O5S. The lowest BCUT2D eigenvalue weighted by molar-refractivity contribution is 0.0563. The standard InChI is InChI=1S/C15H24N2O5S/c1-4-16-10-12-5-7-17(8-6-12)23(19,20)14-9-13(15(18)21-3)22-11(14)2/h9,12,16H,4-8,10H2,1-3H3. The number of aryl methyl sites for hydroxylation is 1. The van der Waals surface area contributed by atoms with Gasteiger partial charge in [-0.3, -0.25) is 0 Å². The van der Waals surface area contributed by atoms with E-state index in [1.807, 2.05) is 0 Å². The normalized spacial score (nSPS) is 17.3. The van der Waals surface area contributed by atoms with Crippen LogP contribution in [0.25, 0.3) is 0 Å². The van der Waals surface area contributed by atoms with Crippen molar-refractivity contribution in [3.63, 3.8) is 0 Å². The minimum Gasteiger partial charge on any atom is -0.463 e. The second-order valence-corrected chi connectivity index (χ2v) is 7.58. The van der Waals surface area contributed by atoms with Crippen LogP contribution in [0.5, 0.6) is 0 Å². The van der Waals surface area contributed by atoms with E-state index in [1.54, 1.807) is 0 Å². The van der Waals surface area contributed by atoms with Crippen molar-refractivity contribution < 1.29 is 22.4 Å².